The van der Waals surface area contributed by atoms with Crippen molar-refractivity contribution in [3.05, 3.63) is 30.1 Å². The van der Waals surface area contributed by atoms with Crippen LogP contribution >= 0.6 is 0 Å². The quantitative estimate of drug-likeness (QED) is 0.680. The molecule has 0 saturated heterocycles. The molecule has 0 spiro atoms. The number of nitrogens with zero attached hydrogens (tertiary/aromatic N) is 1. The minimum Gasteiger partial charge on any atom is -0.461 e. The van der Waals surface area contributed by atoms with E-state index >= 15 is 0 Å². The van der Waals surface area contributed by atoms with Crippen molar-refractivity contribution in [1.29, 1.82) is 0 Å². The van der Waals surface area contributed by atoms with E-state index in [2.05, 4.69) is 18.8 Å². The van der Waals surface area contributed by atoms with Gasteiger partial charge in [0.05, 0.1) is 5.92 Å². The Labute approximate surface area is 103 Å². The molecule has 1 heterocycles. The lowest BCUT2D eigenvalue weighted by atomic mass is 9.99. The molecular formula is C14H21NO2. The Bertz CT molecular complexity index is 318. The summed E-state index contributed by atoms with van der Waals surface area (Å²) in [5.74, 6) is -0.00245. The zero-order chi connectivity index (χ0) is 12.5. The van der Waals surface area contributed by atoms with Gasteiger partial charge in [0.25, 0.3) is 0 Å². The SMILES string of the molecule is CCCC(CCC)C(=O)OCc1ccncc1. The summed E-state index contributed by atoms with van der Waals surface area (Å²) in [5.41, 5.74) is 0.986. The number of pyridine rings is 1. The van der Waals surface area contributed by atoms with Gasteiger partial charge in [0.15, 0.2) is 0 Å². The van der Waals surface area contributed by atoms with Crippen LogP contribution in [-0.2, 0) is 16.1 Å². The Kier molecular flexibility index (Phi) is 6.30. The number of hydrogen-bond acceptors (Lipinski definition) is 3. The molecule has 3 heteroatoms. The molecule has 0 aliphatic carbocycles. The van der Waals surface area contributed by atoms with Crippen molar-refractivity contribution in [2.45, 2.75) is 46.1 Å². The first-order valence-corrected chi connectivity index (χ1v) is 6.33. The molecule has 0 saturated carbocycles. The van der Waals surface area contributed by atoms with E-state index in [1.54, 1.807) is 12.4 Å². The van der Waals surface area contributed by atoms with Gasteiger partial charge in [0.1, 0.15) is 6.61 Å². The average Bonchev–Trinajstić information content (AvgIpc) is 2.37. The topological polar surface area (TPSA) is 39.2 Å². The normalized spacial score (nSPS) is 10.5. The summed E-state index contributed by atoms with van der Waals surface area (Å²) in [7, 11) is 0. The van der Waals surface area contributed by atoms with Crippen molar-refractivity contribution >= 4 is 5.97 Å². The van der Waals surface area contributed by atoms with Gasteiger partial charge in [-0.2, -0.15) is 0 Å². The summed E-state index contributed by atoms with van der Waals surface area (Å²) in [6, 6.07) is 3.73. The Morgan fingerprint density at radius 2 is 1.82 bits per heavy atom. The van der Waals surface area contributed by atoms with E-state index in [9.17, 15) is 4.79 Å². The molecule has 0 aliphatic heterocycles. The zero-order valence-electron chi connectivity index (χ0n) is 10.7. The summed E-state index contributed by atoms with van der Waals surface area (Å²) < 4.78 is 5.33. The van der Waals surface area contributed by atoms with E-state index in [0.717, 1.165) is 31.2 Å². The maximum Gasteiger partial charge on any atom is 0.309 e. The van der Waals surface area contributed by atoms with Crippen molar-refractivity contribution < 1.29 is 9.53 Å². The van der Waals surface area contributed by atoms with E-state index in [4.69, 9.17) is 4.74 Å². The second-order valence-corrected chi connectivity index (χ2v) is 4.24. The summed E-state index contributed by atoms with van der Waals surface area (Å²) >= 11 is 0. The Balaban J connectivity index is 2.41. The van der Waals surface area contributed by atoms with E-state index in [0.29, 0.717) is 6.61 Å². The van der Waals surface area contributed by atoms with Crippen LogP contribution < -0.4 is 0 Å². The Morgan fingerprint density at radius 1 is 1.24 bits per heavy atom. The van der Waals surface area contributed by atoms with Crippen molar-refractivity contribution in [2.24, 2.45) is 5.92 Å². The first kappa shape index (κ1) is 13.7. The molecule has 0 bridgehead atoms. The van der Waals surface area contributed by atoms with Crippen LogP contribution in [0.5, 0.6) is 0 Å². The number of rotatable bonds is 7. The number of hydrogen-bond donors (Lipinski definition) is 0. The number of carbonyl (C=O) groups is 1. The van der Waals surface area contributed by atoms with E-state index in [1.807, 2.05) is 12.1 Å². The predicted molar refractivity (Wildman–Crippen MR) is 67.3 cm³/mol. The molecular weight excluding hydrogens is 214 g/mol. The molecule has 0 unspecified atom stereocenters. The third-order valence-electron chi connectivity index (χ3n) is 2.74. The van der Waals surface area contributed by atoms with Gasteiger partial charge in [-0.1, -0.05) is 26.7 Å². The molecule has 3 nitrogen and oxygen atoms in total. The molecule has 17 heavy (non-hydrogen) atoms. The van der Waals surface area contributed by atoms with Gasteiger partial charge in [-0.25, -0.2) is 0 Å². The van der Waals surface area contributed by atoms with Crippen LogP contribution in [0.1, 0.15) is 45.1 Å². The van der Waals surface area contributed by atoms with Crippen LogP contribution in [-0.4, -0.2) is 11.0 Å². The maximum absolute atomic E-state index is 11.9. The molecule has 0 aromatic carbocycles. The minimum atomic E-state index is -0.0643. The first-order valence-electron chi connectivity index (χ1n) is 6.33. The molecule has 0 aliphatic rings. The average molecular weight is 235 g/mol. The summed E-state index contributed by atoms with van der Waals surface area (Å²) in [6.07, 6.45) is 7.30. The lowest BCUT2D eigenvalue weighted by Crippen LogP contribution is -2.17. The second-order valence-electron chi connectivity index (χ2n) is 4.24. The van der Waals surface area contributed by atoms with Gasteiger partial charge in [-0.3, -0.25) is 9.78 Å². The van der Waals surface area contributed by atoms with E-state index < -0.39 is 0 Å². The number of carbonyl (C=O) groups excluding carboxylic acids is 1. The van der Waals surface area contributed by atoms with Gasteiger partial charge < -0.3 is 4.74 Å². The molecule has 0 amide bonds. The Morgan fingerprint density at radius 3 is 2.35 bits per heavy atom. The molecule has 94 valence electrons. The molecule has 0 N–H and O–H groups in total. The van der Waals surface area contributed by atoms with Crippen LogP contribution in [0, 0.1) is 5.92 Å². The fourth-order valence-corrected chi connectivity index (χ4v) is 1.83. The molecule has 0 fully saturated rings. The number of ether oxygens (including phenoxy) is 1. The third kappa shape index (κ3) is 4.98. The Hall–Kier alpha value is -1.38. The molecule has 0 atom stereocenters. The van der Waals surface area contributed by atoms with Gasteiger partial charge >= 0.3 is 5.97 Å². The van der Waals surface area contributed by atoms with Gasteiger partial charge in [0.2, 0.25) is 0 Å². The zero-order valence-corrected chi connectivity index (χ0v) is 10.7. The van der Waals surface area contributed by atoms with E-state index in [1.165, 1.54) is 0 Å². The van der Waals surface area contributed by atoms with Crippen molar-refractivity contribution in [1.82, 2.24) is 4.98 Å². The maximum atomic E-state index is 11.9. The van der Waals surface area contributed by atoms with Crippen LogP contribution in [0.15, 0.2) is 24.5 Å². The predicted octanol–water partition coefficient (Wildman–Crippen LogP) is 3.34. The van der Waals surface area contributed by atoms with Gasteiger partial charge in [-0.05, 0) is 30.5 Å². The van der Waals surface area contributed by atoms with Gasteiger partial charge in [0, 0.05) is 12.4 Å². The van der Waals surface area contributed by atoms with Gasteiger partial charge in [-0.15, -0.1) is 0 Å². The first-order chi connectivity index (χ1) is 8.27. The minimum absolute atomic E-state index is 0.0619. The lowest BCUT2D eigenvalue weighted by molar-refractivity contribution is -0.150. The highest BCUT2D eigenvalue weighted by atomic mass is 16.5. The number of esters is 1. The third-order valence-corrected chi connectivity index (χ3v) is 2.74. The standard InChI is InChI=1S/C14H21NO2/c1-3-5-13(6-4-2)14(16)17-11-12-7-9-15-10-8-12/h7-10,13H,3-6,11H2,1-2H3. The summed E-state index contributed by atoms with van der Waals surface area (Å²) in [6.45, 7) is 4.54. The highest BCUT2D eigenvalue weighted by Crippen LogP contribution is 2.16. The fourth-order valence-electron chi connectivity index (χ4n) is 1.83. The van der Waals surface area contributed by atoms with E-state index in [-0.39, 0.29) is 11.9 Å². The van der Waals surface area contributed by atoms with Crippen LogP contribution in [0.25, 0.3) is 0 Å². The van der Waals surface area contributed by atoms with Crippen LogP contribution in [0.2, 0.25) is 0 Å². The second kappa shape index (κ2) is 7.82. The summed E-state index contributed by atoms with van der Waals surface area (Å²) in [5, 5.41) is 0. The lowest BCUT2D eigenvalue weighted by Gasteiger charge is -2.14. The largest absolute Gasteiger partial charge is 0.461 e. The number of aromatic nitrogens is 1. The fraction of sp³-hybridized carbons (Fsp3) is 0.571. The molecule has 1 rings (SSSR count). The van der Waals surface area contributed by atoms with Crippen molar-refractivity contribution in [2.75, 3.05) is 0 Å². The summed E-state index contributed by atoms with van der Waals surface area (Å²) in [4.78, 5) is 15.8. The highest BCUT2D eigenvalue weighted by Gasteiger charge is 2.17. The van der Waals surface area contributed by atoms with Crippen molar-refractivity contribution in [3.63, 3.8) is 0 Å². The smallest absolute Gasteiger partial charge is 0.309 e. The molecule has 1 aromatic heterocycles. The van der Waals surface area contributed by atoms with Crippen LogP contribution in [0.3, 0.4) is 0 Å². The van der Waals surface area contributed by atoms with Crippen LogP contribution in [0.4, 0.5) is 0 Å². The van der Waals surface area contributed by atoms with Crippen molar-refractivity contribution in [3.8, 4) is 0 Å². The molecule has 1 aromatic rings. The monoisotopic (exact) mass is 235 g/mol. The highest BCUT2D eigenvalue weighted by molar-refractivity contribution is 5.72. The molecule has 0 radical (unpaired) electrons.